The molecule has 0 fully saturated rings. The van der Waals surface area contributed by atoms with Crippen LogP contribution in [0.2, 0.25) is 0 Å². The van der Waals surface area contributed by atoms with Crippen LogP contribution in [-0.4, -0.2) is 20.1 Å². The molecule has 0 atom stereocenters. The molecule has 5 nitrogen and oxygen atoms in total. The number of benzene rings is 2. The van der Waals surface area contributed by atoms with E-state index in [1.54, 1.807) is 24.3 Å². The summed E-state index contributed by atoms with van der Waals surface area (Å²) in [5.41, 5.74) is 7.31. The average Bonchev–Trinajstić information content (AvgIpc) is 2.48. The van der Waals surface area contributed by atoms with Crippen LogP contribution >= 0.6 is 0 Å². The number of primary amides is 1. The van der Waals surface area contributed by atoms with Crippen molar-refractivity contribution >= 4 is 21.6 Å². The number of sulfonamides is 1. The Bertz CT molecular complexity index is 726. The summed E-state index contributed by atoms with van der Waals surface area (Å²) in [5.74, 6) is -0.406. The summed E-state index contributed by atoms with van der Waals surface area (Å²) in [6.07, 6.45) is 0.594. The van der Waals surface area contributed by atoms with Crippen molar-refractivity contribution in [2.75, 3.05) is 10.5 Å². The van der Waals surface area contributed by atoms with E-state index in [2.05, 4.69) is 4.72 Å². The van der Waals surface area contributed by atoms with E-state index in [9.17, 15) is 13.2 Å². The summed E-state index contributed by atoms with van der Waals surface area (Å²) < 4.78 is 26.6. The topological polar surface area (TPSA) is 89.3 Å². The third kappa shape index (κ3) is 5.21. The van der Waals surface area contributed by atoms with Crippen LogP contribution in [0.1, 0.15) is 11.1 Å². The van der Waals surface area contributed by atoms with Gasteiger partial charge in [0.15, 0.2) is 0 Å². The molecule has 3 N–H and O–H groups in total. The fourth-order valence-corrected chi connectivity index (χ4v) is 3.12. The van der Waals surface area contributed by atoms with Gasteiger partial charge in [0.05, 0.1) is 12.2 Å². The molecule has 0 unspecified atom stereocenters. The van der Waals surface area contributed by atoms with E-state index in [1.165, 1.54) is 0 Å². The van der Waals surface area contributed by atoms with E-state index in [0.29, 0.717) is 12.1 Å². The summed E-state index contributed by atoms with van der Waals surface area (Å²) in [5, 5.41) is 0. The number of rotatable bonds is 7. The number of anilines is 1. The molecule has 0 spiro atoms. The molecule has 0 saturated heterocycles. The van der Waals surface area contributed by atoms with Crippen LogP contribution in [0.5, 0.6) is 0 Å². The van der Waals surface area contributed by atoms with E-state index < -0.39 is 15.9 Å². The molecule has 22 heavy (non-hydrogen) atoms. The minimum absolute atomic E-state index is 0.0139. The second kappa shape index (κ2) is 7.09. The van der Waals surface area contributed by atoms with Crippen molar-refractivity contribution in [3.63, 3.8) is 0 Å². The van der Waals surface area contributed by atoms with Gasteiger partial charge in [0, 0.05) is 5.69 Å². The van der Waals surface area contributed by atoms with Gasteiger partial charge < -0.3 is 5.73 Å². The van der Waals surface area contributed by atoms with Crippen molar-refractivity contribution in [2.24, 2.45) is 5.73 Å². The van der Waals surface area contributed by atoms with Crippen LogP contribution in [0.25, 0.3) is 0 Å². The first-order valence-electron chi connectivity index (χ1n) is 6.86. The highest BCUT2D eigenvalue weighted by atomic mass is 32.2. The lowest BCUT2D eigenvalue weighted by Gasteiger charge is -2.08. The fraction of sp³-hybridized carbons (Fsp3) is 0.188. The molecular formula is C16H18N2O3S. The largest absolute Gasteiger partial charge is 0.369 e. The minimum Gasteiger partial charge on any atom is -0.369 e. The van der Waals surface area contributed by atoms with Gasteiger partial charge in [-0.15, -0.1) is 0 Å². The summed E-state index contributed by atoms with van der Waals surface area (Å²) in [4.78, 5) is 10.8. The Labute approximate surface area is 130 Å². The standard InChI is InChI=1S/C16H18N2O3S/c17-16(19)12-14-6-8-15(9-7-14)18-22(20,21)11-10-13-4-2-1-3-5-13/h1-9,18H,10-12H2,(H2,17,19). The van der Waals surface area contributed by atoms with Crippen molar-refractivity contribution in [3.05, 3.63) is 65.7 Å². The molecule has 0 saturated carbocycles. The number of nitrogens with one attached hydrogen (secondary N) is 1. The average molecular weight is 318 g/mol. The molecule has 2 rings (SSSR count). The van der Waals surface area contributed by atoms with E-state index in [1.807, 2.05) is 30.3 Å². The molecule has 1 amide bonds. The number of aryl methyl sites for hydroxylation is 1. The second-order valence-electron chi connectivity index (χ2n) is 5.00. The number of amides is 1. The number of hydrogen-bond acceptors (Lipinski definition) is 3. The SMILES string of the molecule is NC(=O)Cc1ccc(NS(=O)(=O)CCc2ccccc2)cc1. The predicted molar refractivity (Wildman–Crippen MR) is 86.9 cm³/mol. The zero-order valence-electron chi connectivity index (χ0n) is 12.0. The summed E-state index contributed by atoms with van der Waals surface area (Å²) in [6, 6.07) is 16.1. The highest BCUT2D eigenvalue weighted by Crippen LogP contribution is 2.12. The maximum Gasteiger partial charge on any atom is 0.233 e. The highest BCUT2D eigenvalue weighted by Gasteiger charge is 2.10. The third-order valence-electron chi connectivity index (χ3n) is 3.11. The van der Waals surface area contributed by atoms with Gasteiger partial charge >= 0.3 is 0 Å². The van der Waals surface area contributed by atoms with Crippen LogP contribution < -0.4 is 10.5 Å². The zero-order chi connectivity index (χ0) is 16.0. The van der Waals surface area contributed by atoms with Gasteiger partial charge in [0.25, 0.3) is 0 Å². The minimum atomic E-state index is -3.41. The molecular weight excluding hydrogens is 300 g/mol. The van der Waals surface area contributed by atoms with Gasteiger partial charge in [0.1, 0.15) is 0 Å². The first-order valence-corrected chi connectivity index (χ1v) is 8.51. The van der Waals surface area contributed by atoms with Gasteiger partial charge in [0.2, 0.25) is 15.9 Å². The molecule has 2 aromatic carbocycles. The normalized spacial score (nSPS) is 11.1. The molecule has 6 heteroatoms. The second-order valence-corrected chi connectivity index (χ2v) is 6.84. The van der Waals surface area contributed by atoms with E-state index in [-0.39, 0.29) is 12.2 Å². The first-order chi connectivity index (χ1) is 10.4. The molecule has 116 valence electrons. The van der Waals surface area contributed by atoms with Crippen molar-refractivity contribution in [3.8, 4) is 0 Å². The molecule has 0 aromatic heterocycles. The van der Waals surface area contributed by atoms with Crippen LogP contribution in [0.3, 0.4) is 0 Å². The Morgan fingerprint density at radius 2 is 1.59 bits per heavy atom. The van der Waals surface area contributed by atoms with Gasteiger partial charge in [-0.25, -0.2) is 8.42 Å². The molecule has 0 radical (unpaired) electrons. The Hall–Kier alpha value is -2.34. The number of carbonyl (C=O) groups is 1. The number of carbonyl (C=O) groups excluding carboxylic acids is 1. The van der Waals surface area contributed by atoms with Crippen molar-refractivity contribution in [1.29, 1.82) is 0 Å². The van der Waals surface area contributed by atoms with Crippen LogP contribution in [0.4, 0.5) is 5.69 Å². The first kappa shape index (κ1) is 16.0. The Morgan fingerprint density at radius 1 is 0.955 bits per heavy atom. The molecule has 0 aliphatic heterocycles. The molecule has 0 bridgehead atoms. The van der Waals surface area contributed by atoms with Crippen molar-refractivity contribution in [2.45, 2.75) is 12.8 Å². The number of nitrogens with two attached hydrogens (primary N) is 1. The van der Waals surface area contributed by atoms with Crippen molar-refractivity contribution in [1.82, 2.24) is 0 Å². The Morgan fingerprint density at radius 3 is 2.18 bits per heavy atom. The summed E-state index contributed by atoms with van der Waals surface area (Å²) in [7, 11) is -3.41. The van der Waals surface area contributed by atoms with Gasteiger partial charge in [-0.05, 0) is 29.7 Å². The number of hydrogen-bond donors (Lipinski definition) is 2. The lowest BCUT2D eigenvalue weighted by atomic mass is 10.1. The quantitative estimate of drug-likeness (QED) is 0.814. The highest BCUT2D eigenvalue weighted by molar-refractivity contribution is 7.92. The third-order valence-corrected chi connectivity index (χ3v) is 4.40. The van der Waals surface area contributed by atoms with E-state index in [0.717, 1.165) is 11.1 Å². The van der Waals surface area contributed by atoms with Crippen LogP contribution in [-0.2, 0) is 27.7 Å². The smallest absolute Gasteiger partial charge is 0.233 e. The molecule has 0 aliphatic rings. The van der Waals surface area contributed by atoms with Crippen LogP contribution in [0.15, 0.2) is 54.6 Å². The van der Waals surface area contributed by atoms with Gasteiger partial charge in [-0.3, -0.25) is 9.52 Å². The Balaban J connectivity index is 1.95. The summed E-state index contributed by atoms with van der Waals surface area (Å²) in [6.45, 7) is 0. The van der Waals surface area contributed by atoms with Crippen molar-refractivity contribution < 1.29 is 13.2 Å². The van der Waals surface area contributed by atoms with Crippen LogP contribution in [0, 0.1) is 0 Å². The fourth-order valence-electron chi connectivity index (χ4n) is 2.02. The lowest BCUT2D eigenvalue weighted by molar-refractivity contribution is -0.117. The maximum absolute atomic E-state index is 12.1. The Kier molecular flexibility index (Phi) is 5.16. The zero-order valence-corrected chi connectivity index (χ0v) is 12.8. The van der Waals surface area contributed by atoms with Gasteiger partial charge in [-0.2, -0.15) is 0 Å². The van der Waals surface area contributed by atoms with Gasteiger partial charge in [-0.1, -0.05) is 42.5 Å². The lowest BCUT2D eigenvalue weighted by Crippen LogP contribution is -2.18. The molecule has 0 aliphatic carbocycles. The van der Waals surface area contributed by atoms with E-state index >= 15 is 0 Å². The summed E-state index contributed by atoms with van der Waals surface area (Å²) >= 11 is 0. The van der Waals surface area contributed by atoms with E-state index in [4.69, 9.17) is 5.73 Å². The molecule has 2 aromatic rings. The monoisotopic (exact) mass is 318 g/mol. The predicted octanol–water partition coefficient (Wildman–Crippen LogP) is 1.70. The maximum atomic E-state index is 12.1. The molecule has 0 heterocycles.